The SMILES string of the molecule is COc1nc(OC(C)c2ccccc2)ccc1N. The maximum absolute atomic E-state index is 5.75. The third kappa shape index (κ3) is 2.71. The second-order valence-corrected chi connectivity index (χ2v) is 3.92. The minimum Gasteiger partial charge on any atom is -0.479 e. The average Bonchev–Trinajstić information content (AvgIpc) is 2.42. The molecule has 0 fully saturated rings. The first-order chi connectivity index (χ1) is 8.70. The highest BCUT2D eigenvalue weighted by Crippen LogP contribution is 2.25. The Morgan fingerprint density at radius 3 is 2.50 bits per heavy atom. The van der Waals surface area contributed by atoms with Gasteiger partial charge in [0.2, 0.25) is 11.8 Å². The molecule has 1 unspecified atom stereocenters. The van der Waals surface area contributed by atoms with Gasteiger partial charge in [0.15, 0.2) is 0 Å². The molecule has 0 aliphatic rings. The molecule has 94 valence electrons. The lowest BCUT2D eigenvalue weighted by Crippen LogP contribution is -2.05. The molecule has 4 heteroatoms. The molecule has 0 aliphatic carbocycles. The van der Waals surface area contributed by atoms with Crippen LogP contribution in [0, 0.1) is 0 Å². The zero-order chi connectivity index (χ0) is 13.0. The summed E-state index contributed by atoms with van der Waals surface area (Å²) in [7, 11) is 1.53. The third-order valence-corrected chi connectivity index (χ3v) is 2.62. The van der Waals surface area contributed by atoms with Gasteiger partial charge in [-0.15, -0.1) is 0 Å². The van der Waals surface area contributed by atoms with Gasteiger partial charge in [-0.25, -0.2) is 0 Å². The zero-order valence-electron chi connectivity index (χ0n) is 10.5. The number of nitrogens with two attached hydrogens (primary N) is 1. The monoisotopic (exact) mass is 244 g/mol. The van der Waals surface area contributed by atoms with E-state index in [4.69, 9.17) is 15.2 Å². The quantitative estimate of drug-likeness (QED) is 0.898. The van der Waals surface area contributed by atoms with Crippen LogP contribution in [0.25, 0.3) is 0 Å². The van der Waals surface area contributed by atoms with Crippen molar-refractivity contribution in [1.29, 1.82) is 0 Å². The molecule has 18 heavy (non-hydrogen) atoms. The predicted octanol–water partition coefficient (Wildman–Crippen LogP) is 2.81. The number of methoxy groups -OCH3 is 1. The summed E-state index contributed by atoms with van der Waals surface area (Å²) in [5.41, 5.74) is 7.29. The predicted molar refractivity (Wildman–Crippen MR) is 70.7 cm³/mol. The number of nitrogens with zero attached hydrogens (tertiary/aromatic N) is 1. The van der Waals surface area contributed by atoms with Crippen LogP contribution in [-0.4, -0.2) is 12.1 Å². The van der Waals surface area contributed by atoms with Crippen LogP contribution in [0.15, 0.2) is 42.5 Å². The van der Waals surface area contributed by atoms with Gasteiger partial charge < -0.3 is 15.2 Å². The number of pyridine rings is 1. The Bertz CT molecular complexity index is 514. The van der Waals surface area contributed by atoms with Crippen LogP contribution in [0.1, 0.15) is 18.6 Å². The number of aromatic nitrogens is 1. The smallest absolute Gasteiger partial charge is 0.240 e. The van der Waals surface area contributed by atoms with Crippen molar-refractivity contribution in [1.82, 2.24) is 4.98 Å². The minimum atomic E-state index is -0.0768. The van der Waals surface area contributed by atoms with Gasteiger partial charge in [-0.2, -0.15) is 4.98 Å². The second-order valence-electron chi connectivity index (χ2n) is 3.92. The molecule has 2 aromatic rings. The van der Waals surface area contributed by atoms with E-state index >= 15 is 0 Å². The molecule has 2 N–H and O–H groups in total. The lowest BCUT2D eigenvalue weighted by Gasteiger charge is -2.15. The van der Waals surface area contributed by atoms with Crippen molar-refractivity contribution in [3.8, 4) is 11.8 Å². The molecule has 0 radical (unpaired) electrons. The molecule has 0 spiro atoms. The number of benzene rings is 1. The van der Waals surface area contributed by atoms with Gasteiger partial charge in [-0.1, -0.05) is 30.3 Å². The van der Waals surface area contributed by atoms with Gasteiger partial charge >= 0.3 is 0 Å². The van der Waals surface area contributed by atoms with Crippen molar-refractivity contribution in [3.63, 3.8) is 0 Å². The Morgan fingerprint density at radius 2 is 1.83 bits per heavy atom. The molecule has 0 aliphatic heterocycles. The number of rotatable bonds is 4. The summed E-state index contributed by atoms with van der Waals surface area (Å²) < 4.78 is 10.8. The number of hydrogen-bond acceptors (Lipinski definition) is 4. The molecule has 1 aromatic heterocycles. The zero-order valence-corrected chi connectivity index (χ0v) is 10.5. The van der Waals surface area contributed by atoms with Gasteiger partial charge in [0.1, 0.15) is 6.10 Å². The molecular formula is C14H16N2O2. The van der Waals surface area contributed by atoms with Crippen LogP contribution in [0.3, 0.4) is 0 Å². The summed E-state index contributed by atoms with van der Waals surface area (Å²) in [5, 5.41) is 0. The van der Waals surface area contributed by atoms with E-state index in [2.05, 4.69) is 4.98 Å². The van der Waals surface area contributed by atoms with E-state index in [0.717, 1.165) is 5.56 Å². The first-order valence-electron chi connectivity index (χ1n) is 5.73. The van der Waals surface area contributed by atoms with Crippen LogP contribution < -0.4 is 15.2 Å². The van der Waals surface area contributed by atoms with Crippen LogP contribution in [0.4, 0.5) is 5.69 Å². The van der Waals surface area contributed by atoms with Crippen molar-refractivity contribution < 1.29 is 9.47 Å². The fourth-order valence-electron chi connectivity index (χ4n) is 1.64. The first-order valence-corrected chi connectivity index (χ1v) is 5.73. The lowest BCUT2D eigenvalue weighted by molar-refractivity contribution is 0.215. The van der Waals surface area contributed by atoms with Crippen molar-refractivity contribution in [2.75, 3.05) is 12.8 Å². The van der Waals surface area contributed by atoms with E-state index in [1.807, 2.05) is 37.3 Å². The number of ether oxygens (including phenoxy) is 2. The Balaban J connectivity index is 2.14. The Labute approximate surface area is 106 Å². The average molecular weight is 244 g/mol. The lowest BCUT2D eigenvalue weighted by atomic mass is 10.1. The van der Waals surface area contributed by atoms with Crippen LogP contribution in [0.2, 0.25) is 0 Å². The maximum atomic E-state index is 5.75. The molecule has 1 heterocycles. The van der Waals surface area contributed by atoms with Crippen LogP contribution >= 0.6 is 0 Å². The summed E-state index contributed by atoms with van der Waals surface area (Å²) in [6, 6.07) is 13.4. The molecular weight excluding hydrogens is 228 g/mol. The fraction of sp³-hybridized carbons (Fsp3) is 0.214. The Hall–Kier alpha value is -2.23. The van der Waals surface area contributed by atoms with E-state index in [1.165, 1.54) is 7.11 Å². The summed E-state index contributed by atoms with van der Waals surface area (Å²) >= 11 is 0. The molecule has 2 rings (SSSR count). The molecule has 0 bridgehead atoms. The van der Waals surface area contributed by atoms with Crippen molar-refractivity contribution in [2.24, 2.45) is 0 Å². The molecule has 4 nitrogen and oxygen atoms in total. The van der Waals surface area contributed by atoms with Gasteiger partial charge in [0, 0.05) is 6.07 Å². The standard InChI is InChI=1S/C14H16N2O2/c1-10(11-6-4-3-5-7-11)18-13-9-8-12(15)14(16-13)17-2/h3-10H,15H2,1-2H3. The first kappa shape index (κ1) is 12.2. The second kappa shape index (κ2) is 5.40. The number of nitrogen functional groups attached to an aromatic ring is 1. The molecule has 0 saturated carbocycles. The highest BCUT2D eigenvalue weighted by molar-refractivity contribution is 5.49. The Kier molecular flexibility index (Phi) is 3.67. The highest BCUT2D eigenvalue weighted by Gasteiger charge is 2.09. The van der Waals surface area contributed by atoms with Gasteiger partial charge in [-0.3, -0.25) is 0 Å². The topological polar surface area (TPSA) is 57.4 Å². The minimum absolute atomic E-state index is 0.0768. The maximum Gasteiger partial charge on any atom is 0.240 e. The molecule has 1 atom stereocenters. The van der Waals surface area contributed by atoms with Gasteiger partial charge in [0.25, 0.3) is 0 Å². The Morgan fingerprint density at radius 1 is 1.11 bits per heavy atom. The van der Waals surface area contributed by atoms with E-state index in [-0.39, 0.29) is 6.10 Å². The number of anilines is 1. The molecule has 0 amide bonds. The van der Waals surface area contributed by atoms with Crippen molar-refractivity contribution in [3.05, 3.63) is 48.0 Å². The highest BCUT2D eigenvalue weighted by atomic mass is 16.5. The van der Waals surface area contributed by atoms with E-state index in [1.54, 1.807) is 12.1 Å². The van der Waals surface area contributed by atoms with E-state index < -0.39 is 0 Å². The number of hydrogen-bond donors (Lipinski definition) is 1. The fourth-order valence-corrected chi connectivity index (χ4v) is 1.64. The third-order valence-electron chi connectivity index (χ3n) is 2.62. The summed E-state index contributed by atoms with van der Waals surface area (Å²) in [5.74, 6) is 0.880. The van der Waals surface area contributed by atoms with Crippen molar-refractivity contribution >= 4 is 5.69 Å². The summed E-state index contributed by atoms with van der Waals surface area (Å²) in [4.78, 5) is 4.19. The van der Waals surface area contributed by atoms with E-state index in [0.29, 0.717) is 17.4 Å². The summed E-state index contributed by atoms with van der Waals surface area (Å²) in [6.45, 7) is 1.97. The van der Waals surface area contributed by atoms with Crippen LogP contribution in [-0.2, 0) is 0 Å². The molecule has 1 aromatic carbocycles. The van der Waals surface area contributed by atoms with Gasteiger partial charge in [-0.05, 0) is 18.6 Å². The van der Waals surface area contributed by atoms with Crippen LogP contribution in [0.5, 0.6) is 11.8 Å². The normalized spacial score (nSPS) is 11.9. The molecule has 0 saturated heterocycles. The van der Waals surface area contributed by atoms with Crippen molar-refractivity contribution in [2.45, 2.75) is 13.0 Å². The largest absolute Gasteiger partial charge is 0.479 e. The van der Waals surface area contributed by atoms with Gasteiger partial charge in [0.05, 0.1) is 12.8 Å². The summed E-state index contributed by atoms with van der Waals surface area (Å²) in [6.07, 6.45) is -0.0768. The van der Waals surface area contributed by atoms with E-state index in [9.17, 15) is 0 Å².